The average molecular weight is 258 g/mol. The van der Waals surface area contributed by atoms with Crippen molar-refractivity contribution in [2.24, 2.45) is 0 Å². The van der Waals surface area contributed by atoms with E-state index in [1.807, 2.05) is 0 Å². The number of ketones is 1. The average Bonchev–Trinajstić information content (AvgIpc) is 2.08. The monoisotopic (exact) mass is 257 g/mol. The largest absolute Gasteiger partial charge is 0.450 e. The van der Waals surface area contributed by atoms with E-state index in [1.54, 1.807) is 0 Å². The number of alkyl halides is 3. The Kier molecular flexibility index (Phi) is 3.57. The standard InChI is InChI=1S/C8H4Cl2F3NO/c9-5-2-7(10)14-3-4(5)1-6(15)8(11,12)13/h2-3H,1H2. The first kappa shape index (κ1) is 12.3. The molecule has 0 radical (unpaired) electrons. The van der Waals surface area contributed by atoms with Crippen LogP contribution >= 0.6 is 23.2 Å². The highest BCUT2D eigenvalue weighted by Crippen LogP contribution is 2.23. The van der Waals surface area contributed by atoms with Crippen LogP contribution in [-0.2, 0) is 11.2 Å². The molecule has 0 fully saturated rings. The highest BCUT2D eigenvalue weighted by atomic mass is 35.5. The number of hydrogen-bond donors (Lipinski definition) is 0. The number of pyridine rings is 1. The summed E-state index contributed by atoms with van der Waals surface area (Å²) in [6.45, 7) is 0. The van der Waals surface area contributed by atoms with E-state index >= 15 is 0 Å². The Bertz CT molecular complexity index is 392. The van der Waals surface area contributed by atoms with Crippen LogP contribution < -0.4 is 0 Å². The third-order valence-electron chi connectivity index (χ3n) is 1.56. The Morgan fingerprint density at radius 1 is 1.40 bits per heavy atom. The number of Topliss-reactive ketones (excluding diaryl/α,β-unsaturated/α-hetero) is 1. The molecule has 1 aromatic rings. The molecule has 82 valence electrons. The van der Waals surface area contributed by atoms with Crippen molar-refractivity contribution in [1.29, 1.82) is 0 Å². The molecule has 0 bridgehead atoms. The molecule has 0 unspecified atom stereocenters. The van der Waals surface area contributed by atoms with Crippen LogP contribution in [0, 0.1) is 0 Å². The van der Waals surface area contributed by atoms with Gasteiger partial charge in [-0.3, -0.25) is 4.79 Å². The van der Waals surface area contributed by atoms with Crippen molar-refractivity contribution < 1.29 is 18.0 Å². The first-order chi connectivity index (χ1) is 6.80. The number of rotatable bonds is 2. The first-order valence-electron chi connectivity index (χ1n) is 3.70. The molecular weight excluding hydrogens is 254 g/mol. The fraction of sp³-hybridized carbons (Fsp3) is 0.250. The zero-order valence-corrected chi connectivity index (χ0v) is 8.62. The molecule has 0 amide bonds. The van der Waals surface area contributed by atoms with E-state index in [9.17, 15) is 18.0 Å². The second-order valence-corrected chi connectivity index (χ2v) is 3.49. The predicted molar refractivity (Wildman–Crippen MR) is 49.0 cm³/mol. The van der Waals surface area contributed by atoms with Gasteiger partial charge in [0.15, 0.2) is 0 Å². The fourth-order valence-corrected chi connectivity index (χ4v) is 1.27. The molecule has 0 saturated heterocycles. The molecule has 2 nitrogen and oxygen atoms in total. The number of carbonyl (C=O) groups excluding carboxylic acids is 1. The van der Waals surface area contributed by atoms with Gasteiger partial charge in [0.25, 0.3) is 0 Å². The predicted octanol–water partition coefficient (Wildman–Crippen LogP) is 3.06. The SMILES string of the molecule is O=C(Cc1cnc(Cl)cc1Cl)C(F)(F)F. The van der Waals surface area contributed by atoms with Crippen LogP contribution in [0.3, 0.4) is 0 Å². The van der Waals surface area contributed by atoms with Crippen LogP contribution in [0.4, 0.5) is 13.2 Å². The summed E-state index contributed by atoms with van der Waals surface area (Å²) in [5.74, 6) is -1.87. The molecular formula is C8H4Cl2F3NO. The van der Waals surface area contributed by atoms with E-state index in [1.165, 1.54) is 6.07 Å². The van der Waals surface area contributed by atoms with Crippen LogP contribution in [0.5, 0.6) is 0 Å². The summed E-state index contributed by atoms with van der Waals surface area (Å²) >= 11 is 11.0. The summed E-state index contributed by atoms with van der Waals surface area (Å²) < 4.78 is 35.7. The molecule has 0 atom stereocenters. The summed E-state index contributed by atoms with van der Waals surface area (Å²) in [5.41, 5.74) is 0.00314. The van der Waals surface area contributed by atoms with Crippen molar-refractivity contribution in [2.75, 3.05) is 0 Å². The van der Waals surface area contributed by atoms with Crippen molar-refractivity contribution >= 4 is 29.0 Å². The van der Waals surface area contributed by atoms with Crippen molar-refractivity contribution in [3.05, 3.63) is 28.0 Å². The zero-order valence-electron chi connectivity index (χ0n) is 7.11. The molecule has 1 aromatic heterocycles. The Morgan fingerprint density at radius 2 is 2.00 bits per heavy atom. The molecule has 0 aliphatic rings. The van der Waals surface area contributed by atoms with Gasteiger partial charge in [0.05, 0.1) is 0 Å². The van der Waals surface area contributed by atoms with Gasteiger partial charge in [-0.1, -0.05) is 23.2 Å². The lowest BCUT2D eigenvalue weighted by molar-refractivity contribution is -0.170. The van der Waals surface area contributed by atoms with Crippen LogP contribution in [-0.4, -0.2) is 16.9 Å². The van der Waals surface area contributed by atoms with E-state index < -0.39 is 18.4 Å². The number of halogens is 5. The van der Waals surface area contributed by atoms with Gasteiger partial charge in [-0.2, -0.15) is 13.2 Å². The first-order valence-corrected chi connectivity index (χ1v) is 4.46. The maximum atomic E-state index is 11.9. The van der Waals surface area contributed by atoms with Crippen molar-refractivity contribution in [1.82, 2.24) is 4.98 Å². The van der Waals surface area contributed by atoms with Gasteiger partial charge in [-0.25, -0.2) is 4.98 Å². The number of aromatic nitrogens is 1. The van der Waals surface area contributed by atoms with E-state index in [-0.39, 0.29) is 15.7 Å². The lowest BCUT2D eigenvalue weighted by Gasteiger charge is -2.06. The summed E-state index contributed by atoms with van der Waals surface area (Å²) in [5, 5.41) is 0.0517. The third kappa shape index (κ3) is 3.35. The Hall–Kier alpha value is -0.810. The quantitative estimate of drug-likeness (QED) is 0.763. The maximum Gasteiger partial charge on any atom is 0.450 e. The molecule has 0 aromatic carbocycles. The topological polar surface area (TPSA) is 30.0 Å². The second kappa shape index (κ2) is 4.37. The fourth-order valence-electron chi connectivity index (χ4n) is 0.839. The summed E-state index contributed by atoms with van der Waals surface area (Å²) in [6.07, 6.45) is -4.64. The Labute approximate surface area is 93.0 Å². The molecule has 1 heterocycles. The van der Waals surface area contributed by atoms with Crippen molar-refractivity contribution in [2.45, 2.75) is 12.6 Å². The van der Waals surface area contributed by atoms with Crippen LogP contribution in [0.15, 0.2) is 12.3 Å². The second-order valence-electron chi connectivity index (χ2n) is 2.70. The highest BCUT2D eigenvalue weighted by Gasteiger charge is 2.38. The van der Waals surface area contributed by atoms with Crippen molar-refractivity contribution in [3.63, 3.8) is 0 Å². The van der Waals surface area contributed by atoms with Crippen LogP contribution in [0.1, 0.15) is 5.56 Å². The molecule has 1 rings (SSSR count). The van der Waals surface area contributed by atoms with E-state index in [0.29, 0.717) is 0 Å². The molecule has 0 saturated carbocycles. The van der Waals surface area contributed by atoms with Crippen LogP contribution in [0.2, 0.25) is 10.2 Å². The van der Waals surface area contributed by atoms with Gasteiger partial charge in [0, 0.05) is 17.6 Å². The van der Waals surface area contributed by atoms with Crippen molar-refractivity contribution in [3.8, 4) is 0 Å². The van der Waals surface area contributed by atoms with Gasteiger partial charge in [-0.15, -0.1) is 0 Å². The smallest absolute Gasteiger partial charge is 0.289 e. The van der Waals surface area contributed by atoms with Gasteiger partial charge in [0.1, 0.15) is 5.15 Å². The summed E-state index contributed by atoms with van der Waals surface area (Å²) in [7, 11) is 0. The normalized spacial score (nSPS) is 11.5. The van der Waals surface area contributed by atoms with Gasteiger partial charge < -0.3 is 0 Å². The lowest BCUT2D eigenvalue weighted by Crippen LogP contribution is -2.24. The van der Waals surface area contributed by atoms with E-state index in [4.69, 9.17) is 23.2 Å². The van der Waals surface area contributed by atoms with E-state index in [0.717, 1.165) is 6.20 Å². The zero-order chi connectivity index (χ0) is 11.6. The Morgan fingerprint density at radius 3 is 2.47 bits per heavy atom. The van der Waals surface area contributed by atoms with Gasteiger partial charge >= 0.3 is 6.18 Å². The Balaban J connectivity index is 2.87. The van der Waals surface area contributed by atoms with Gasteiger partial charge in [-0.05, 0) is 11.6 Å². The minimum atomic E-state index is -4.86. The van der Waals surface area contributed by atoms with Crippen LogP contribution in [0.25, 0.3) is 0 Å². The number of nitrogens with zero attached hydrogens (tertiary/aromatic N) is 1. The molecule has 0 N–H and O–H groups in total. The minimum Gasteiger partial charge on any atom is -0.289 e. The lowest BCUT2D eigenvalue weighted by atomic mass is 10.1. The van der Waals surface area contributed by atoms with E-state index in [2.05, 4.69) is 4.98 Å². The molecule has 0 aliphatic heterocycles. The third-order valence-corrected chi connectivity index (χ3v) is 2.12. The molecule has 7 heteroatoms. The highest BCUT2D eigenvalue weighted by molar-refractivity contribution is 6.34. The van der Waals surface area contributed by atoms with Gasteiger partial charge in [0.2, 0.25) is 5.78 Å². The molecule has 15 heavy (non-hydrogen) atoms. The molecule has 0 spiro atoms. The summed E-state index contributed by atoms with van der Waals surface area (Å²) in [4.78, 5) is 14.2. The number of carbonyl (C=O) groups is 1. The minimum absolute atomic E-state index is 0.00314. The summed E-state index contributed by atoms with van der Waals surface area (Å²) in [6, 6.07) is 1.18. The molecule has 0 aliphatic carbocycles. The maximum absolute atomic E-state index is 11.9. The number of hydrogen-bond acceptors (Lipinski definition) is 2.